The Labute approximate surface area is 106 Å². The molecule has 18 heavy (non-hydrogen) atoms. The van der Waals surface area contributed by atoms with Crippen molar-refractivity contribution in [1.29, 1.82) is 5.41 Å². The first kappa shape index (κ1) is 12.3. The van der Waals surface area contributed by atoms with Crippen LogP contribution in [0.5, 0.6) is 0 Å². The summed E-state index contributed by atoms with van der Waals surface area (Å²) in [4.78, 5) is 4.06. The van der Waals surface area contributed by atoms with Crippen molar-refractivity contribution >= 4 is 5.84 Å². The van der Waals surface area contributed by atoms with Crippen LogP contribution in [0.25, 0.3) is 5.69 Å². The number of aryl methyl sites for hydroxylation is 2. The van der Waals surface area contributed by atoms with E-state index in [-0.39, 0.29) is 5.84 Å². The Morgan fingerprint density at radius 2 is 2.11 bits per heavy atom. The number of nitrogen functional groups attached to an aromatic ring is 1. The number of nitrogens with two attached hydrogens (primary N) is 1. The van der Waals surface area contributed by atoms with E-state index in [4.69, 9.17) is 11.1 Å². The van der Waals surface area contributed by atoms with E-state index in [9.17, 15) is 0 Å². The smallest absolute Gasteiger partial charge is 0.141 e. The highest BCUT2D eigenvalue weighted by molar-refractivity contribution is 5.93. The molecule has 0 atom stereocenters. The van der Waals surface area contributed by atoms with E-state index in [0.717, 1.165) is 29.9 Å². The molecule has 2 rings (SSSR count). The molecular formula is C13H17N5. The molecule has 0 aliphatic carbocycles. The second-order valence-corrected chi connectivity index (χ2v) is 4.06. The van der Waals surface area contributed by atoms with Gasteiger partial charge in [0, 0.05) is 11.9 Å². The summed E-state index contributed by atoms with van der Waals surface area (Å²) < 4.78 is 1.90. The van der Waals surface area contributed by atoms with Crippen LogP contribution in [0.2, 0.25) is 0 Å². The van der Waals surface area contributed by atoms with Gasteiger partial charge in [-0.15, -0.1) is 0 Å². The number of rotatable bonds is 4. The maximum Gasteiger partial charge on any atom is 0.141 e. The van der Waals surface area contributed by atoms with Crippen LogP contribution in [-0.2, 0) is 12.8 Å². The number of amidine groups is 1. The van der Waals surface area contributed by atoms with Gasteiger partial charge in [0.2, 0.25) is 0 Å². The minimum Gasteiger partial charge on any atom is -0.382 e. The lowest BCUT2D eigenvalue weighted by Crippen LogP contribution is -2.14. The topological polar surface area (TPSA) is 80.6 Å². The highest BCUT2D eigenvalue weighted by atomic mass is 15.3. The Morgan fingerprint density at radius 3 is 2.72 bits per heavy atom. The second kappa shape index (κ2) is 5.00. The summed E-state index contributed by atoms with van der Waals surface area (Å²) >= 11 is 0. The summed E-state index contributed by atoms with van der Waals surface area (Å²) in [5, 5.41) is 12.0. The molecule has 0 saturated carbocycles. The quantitative estimate of drug-likeness (QED) is 0.633. The largest absolute Gasteiger partial charge is 0.382 e. The highest BCUT2D eigenvalue weighted by Crippen LogP contribution is 2.14. The van der Waals surface area contributed by atoms with E-state index < -0.39 is 0 Å². The SMILES string of the molecule is CCc1cc(CC)n(-c2ccnc(C(=N)N)c2)n1. The summed E-state index contributed by atoms with van der Waals surface area (Å²) in [5.74, 6) is -0.0298. The van der Waals surface area contributed by atoms with Crippen LogP contribution in [0.1, 0.15) is 30.9 Å². The first-order chi connectivity index (χ1) is 8.65. The Balaban J connectivity index is 2.50. The van der Waals surface area contributed by atoms with Crippen LogP contribution in [0.3, 0.4) is 0 Å². The lowest BCUT2D eigenvalue weighted by Gasteiger charge is -2.06. The molecular weight excluding hydrogens is 226 g/mol. The van der Waals surface area contributed by atoms with Crippen LogP contribution in [-0.4, -0.2) is 20.6 Å². The van der Waals surface area contributed by atoms with Crippen LogP contribution in [0, 0.1) is 5.41 Å². The standard InChI is InChI=1S/C13H17N5/c1-3-9-7-10(4-2)18(17-9)11-5-6-16-12(8-11)13(14)15/h5-8H,3-4H2,1-2H3,(H3,14,15). The molecule has 5 nitrogen and oxygen atoms in total. The predicted octanol–water partition coefficient (Wildman–Crippen LogP) is 1.68. The van der Waals surface area contributed by atoms with E-state index in [1.165, 1.54) is 0 Å². The Kier molecular flexibility index (Phi) is 3.41. The third-order valence-corrected chi connectivity index (χ3v) is 2.82. The third-order valence-electron chi connectivity index (χ3n) is 2.82. The highest BCUT2D eigenvalue weighted by Gasteiger charge is 2.08. The summed E-state index contributed by atoms with van der Waals surface area (Å²) in [6.45, 7) is 4.18. The van der Waals surface area contributed by atoms with Gasteiger partial charge in [0.1, 0.15) is 11.5 Å². The van der Waals surface area contributed by atoms with Gasteiger partial charge < -0.3 is 5.73 Å². The zero-order valence-corrected chi connectivity index (χ0v) is 10.6. The number of hydrogen-bond acceptors (Lipinski definition) is 3. The van der Waals surface area contributed by atoms with Crippen LogP contribution in [0.15, 0.2) is 24.4 Å². The average molecular weight is 243 g/mol. The fourth-order valence-corrected chi connectivity index (χ4v) is 1.82. The van der Waals surface area contributed by atoms with Gasteiger partial charge in [-0.2, -0.15) is 5.10 Å². The van der Waals surface area contributed by atoms with Gasteiger partial charge in [-0.05, 0) is 31.0 Å². The molecule has 0 saturated heterocycles. The maximum atomic E-state index is 7.42. The van der Waals surface area contributed by atoms with Crippen molar-refractivity contribution in [2.45, 2.75) is 26.7 Å². The molecule has 0 aliphatic rings. The molecule has 0 radical (unpaired) electrons. The molecule has 0 fully saturated rings. The van der Waals surface area contributed by atoms with E-state index >= 15 is 0 Å². The molecule has 0 amide bonds. The number of pyridine rings is 1. The third kappa shape index (κ3) is 2.25. The normalized spacial score (nSPS) is 10.6. The van der Waals surface area contributed by atoms with E-state index in [1.807, 2.05) is 10.7 Å². The van der Waals surface area contributed by atoms with Gasteiger partial charge in [0.25, 0.3) is 0 Å². The van der Waals surface area contributed by atoms with Gasteiger partial charge >= 0.3 is 0 Å². The Hall–Kier alpha value is -2.17. The van der Waals surface area contributed by atoms with Gasteiger partial charge in [-0.3, -0.25) is 10.4 Å². The van der Waals surface area contributed by atoms with Crippen molar-refractivity contribution in [2.24, 2.45) is 5.73 Å². The van der Waals surface area contributed by atoms with Crippen molar-refractivity contribution in [2.75, 3.05) is 0 Å². The molecule has 94 valence electrons. The summed E-state index contributed by atoms with van der Waals surface area (Å²) in [7, 11) is 0. The lowest BCUT2D eigenvalue weighted by molar-refractivity contribution is 0.792. The van der Waals surface area contributed by atoms with Crippen molar-refractivity contribution in [3.8, 4) is 5.69 Å². The lowest BCUT2D eigenvalue weighted by atomic mass is 10.2. The van der Waals surface area contributed by atoms with Crippen LogP contribution in [0.4, 0.5) is 0 Å². The average Bonchev–Trinajstić information content (AvgIpc) is 2.82. The van der Waals surface area contributed by atoms with Crippen molar-refractivity contribution in [3.05, 3.63) is 41.5 Å². The fraction of sp³-hybridized carbons (Fsp3) is 0.308. The minimum atomic E-state index is -0.0298. The number of nitrogens with one attached hydrogen (secondary N) is 1. The van der Waals surface area contributed by atoms with Crippen molar-refractivity contribution < 1.29 is 0 Å². The van der Waals surface area contributed by atoms with E-state index in [2.05, 4.69) is 30.0 Å². The van der Waals surface area contributed by atoms with Crippen LogP contribution >= 0.6 is 0 Å². The first-order valence-electron chi connectivity index (χ1n) is 6.04. The molecule has 5 heteroatoms. The van der Waals surface area contributed by atoms with Gasteiger partial charge in [0.05, 0.1) is 11.4 Å². The molecule has 3 N–H and O–H groups in total. The number of aromatic nitrogens is 3. The first-order valence-corrected chi connectivity index (χ1v) is 6.04. The second-order valence-electron chi connectivity index (χ2n) is 4.06. The molecule has 0 aliphatic heterocycles. The van der Waals surface area contributed by atoms with Crippen molar-refractivity contribution in [3.63, 3.8) is 0 Å². The van der Waals surface area contributed by atoms with Crippen LogP contribution < -0.4 is 5.73 Å². The van der Waals surface area contributed by atoms with E-state index in [0.29, 0.717) is 5.69 Å². The fourth-order valence-electron chi connectivity index (χ4n) is 1.82. The number of hydrogen-bond donors (Lipinski definition) is 2. The number of nitrogens with zero attached hydrogens (tertiary/aromatic N) is 3. The summed E-state index contributed by atoms with van der Waals surface area (Å²) in [6.07, 6.45) is 3.47. The molecule has 2 aromatic rings. The maximum absolute atomic E-state index is 7.42. The Morgan fingerprint density at radius 1 is 1.33 bits per heavy atom. The summed E-state index contributed by atoms with van der Waals surface area (Å²) in [6, 6.07) is 5.76. The molecule has 0 bridgehead atoms. The Bertz CT molecular complexity index is 571. The van der Waals surface area contributed by atoms with E-state index in [1.54, 1.807) is 12.3 Å². The molecule has 2 aromatic heterocycles. The minimum absolute atomic E-state index is 0.0298. The zero-order valence-electron chi connectivity index (χ0n) is 10.6. The monoisotopic (exact) mass is 243 g/mol. The zero-order chi connectivity index (χ0) is 13.1. The van der Waals surface area contributed by atoms with Gasteiger partial charge in [-0.1, -0.05) is 13.8 Å². The molecule has 2 heterocycles. The predicted molar refractivity (Wildman–Crippen MR) is 71.1 cm³/mol. The van der Waals surface area contributed by atoms with Gasteiger partial charge in [-0.25, -0.2) is 4.68 Å². The summed E-state index contributed by atoms with van der Waals surface area (Å²) in [5.41, 5.74) is 9.03. The van der Waals surface area contributed by atoms with Crippen molar-refractivity contribution in [1.82, 2.24) is 14.8 Å². The molecule has 0 aromatic carbocycles. The molecule has 0 spiro atoms. The van der Waals surface area contributed by atoms with Gasteiger partial charge in [0.15, 0.2) is 0 Å². The molecule has 0 unspecified atom stereocenters.